The van der Waals surface area contributed by atoms with Crippen LogP contribution in [-0.2, 0) is 16.0 Å². The number of hydrogen-bond acceptors (Lipinski definition) is 3. The Morgan fingerprint density at radius 3 is 2.62 bits per heavy atom. The third kappa shape index (κ3) is 5.32. The highest BCUT2D eigenvalue weighted by atomic mass is 127. The zero-order valence-electron chi connectivity index (χ0n) is 14.3. The van der Waals surface area contributed by atoms with Crippen molar-refractivity contribution in [1.82, 2.24) is 10.2 Å². The van der Waals surface area contributed by atoms with Crippen molar-refractivity contribution in [3.63, 3.8) is 0 Å². The van der Waals surface area contributed by atoms with Gasteiger partial charge in [-0.1, -0.05) is 19.1 Å². The summed E-state index contributed by atoms with van der Waals surface area (Å²) in [7, 11) is 3.16. The van der Waals surface area contributed by atoms with Crippen LogP contribution in [0.5, 0.6) is 0 Å². The Morgan fingerprint density at radius 1 is 1.38 bits per heavy atom. The molecule has 1 aliphatic heterocycles. The first kappa shape index (κ1) is 20.7. The van der Waals surface area contributed by atoms with E-state index in [1.165, 1.54) is 19.2 Å². The fourth-order valence-electron chi connectivity index (χ4n) is 2.90. The number of aliphatic imine (C=N–C) groups is 1. The van der Waals surface area contributed by atoms with Gasteiger partial charge in [0.1, 0.15) is 5.82 Å². The quantitative estimate of drug-likeness (QED) is 0.332. The molecule has 134 valence electrons. The van der Waals surface area contributed by atoms with Gasteiger partial charge < -0.3 is 15.0 Å². The lowest BCUT2D eigenvalue weighted by atomic mass is 9.99. The molecule has 5 nitrogen and oxygen atoms in total. The Hall–Kier alpha value is -1.38. The molecule has 2 rings (SSSR count). The van der Waals surface area contributed by atoms with Crippen LogP contribution >= 0.6 is 24.0 Å². The van der Waals surface area contributed by atoms with Crippen molar-refractivity contribution in [3.8, 4) is 0 Å². The molecule has 1 fully saturated rings. The predicted octanol–water partition coefficient (Wildman–Crippen LogP) is 2.30. The van der Waals surface area contributed by atoms with Crippen molar-refractivity contribution in [3.05, 3.63) is 35.6 Å². The molecular weight excluding hydrogens is 424 g/mol. The molecule has 24 heavy (non-hydrogen) atoms. The Kier molecular flexibility index (Phi) is 8.44. The van der Waals surface area contributed by atoms with E-state index in [1.807, 2.05) is 6.92 Å². The Bertz CT molecular complexity index is 565. The molecule has 0 aromatic heterocycles. The van der Waals surface area contributed by atoms with Crippen LogP contribution in [0.25, 0.3) is 0 Å². The number of nitrogens with zero attached hydrogens (tertiary/aromatic N) is 2. The zero-order chi connectivity index (χ0) is 16.8. The van der Waals surface area contributed by atoms with Gasteiger partial charge in [0, 0.05) is 26.7 Å². The van der Waals surface area contributed by atoms with Crippen molar-refractivity contribution in [2.45, 2.75) is 13.3 Å². The molecule has 0 aliphatic carbocycles. The van der Waals surface area contributed by atoms with E-state index in [4.69, 9.17) is 4.74 Å². The van der Waals surface area contributed by atoms with Crippen LogP contribution in [0.15, 0.2) is 29.3 Å². The molecule has 1 aromatic rings. The number of carbonyl (C=O) groups is 1. The van der Waals surface area contributed by atoms with Crippen molar-refractivity contribution >= 4 is 35.9 Å². The fraction of sp³-hybridized carbons (Fsp3) is 0.529. The highest BCUT2D eigenvalue weighted by molar-refractivity contribution is 14.0. The number of guanidine groups is 1. The minimum atomic E-state index is -0.225. The fourth-order valence-corrected chi connectivity index (χ4v) is 2.90. The van der Waals surface area contributed by atoms with Crippen LogP contribution in [0.3, 0.4) is 0 Å². The Balaban J connectivity index is 0.00000288. The third-order valence-electron chi connectivity index (χ3n) is 4.24. The molecule has 0 radical (unpaired) electrons. The number of rotatable bonds is 4. The number of halogens is 2. The predicted molar refractivity (Wildman–Crippen MR) is 103 cm³/mol. The van der Waals surface area contributed by atoms with E-state index < -0.39 is 0 Å². The summed E-state index contributed by atoms with van der Waals surface area (Å²) >= 11 is 0. The van der Waals surface area contributed by atoms with Crippen molar-refractivity contribution in [2.75, 3.05) is 33.8 Å². The lowest BCUT2D eigenvalue weighted by Gasteiger charge is -2.21. The second-order valence-electron chi connectivity index (χ2n) is 5.86. The summed E-state index contributed by atoms with van der Waals surface area (Å²) in [5.74, 6) is 0.512. The second-order valence-corrected chi connectivity index (χ2v) is 5.86. The normalized spacial score (nSPS) is 20.5. The van der Waals surface area contributed by atoms with E-state index in [0.29, 0.717) is 13.1 Å². The first-order valence-electron chi connectivity index (χ1n) is 7.83. The molecule has 1 heterocycles. The molecular formula is C17H25FIN3O2. The summed E-state index contributed by atoms with van der Waals surface area (Å²) in [5.41, 5.74) is 1.07. The number of nitrogens with one attached hydrogen (secondary N) is 1. The summed E-state index contributed by atoms with van der Waals surface area (Å²) in [4.78, 5) is 18.1. The molecule has 0 bridgehead atoms. The first-order valence-corrected chi connectivity index (χ1v) is 7.83. The van der Waals surface area contributed by atoms with E-state index in [9.17, 15) is 9.18 Å². The van der Waals surface area contributed by atoms with Crippen molar-refractivity contribution in [2.24, 2.45) is 16.8 Å². The minimum absolute atomic E-state index is 0. The highest BCUT2D eigenvalue weighted by Crippen LogP contribution is 2.24. The van der Waals surface area contributed by atoms with E-state index >= 15 is 0 Å². The molecule has 0 amide bonds. The third-order valence-corrected chi connectivity index (χ3v) is 4.24. The van der Waals surface area contributed by atoms with Gasteiger partial charge >= 0.3 is 5.97 Å². The number of carbonyl (C=O) groups excluding carboxylic acids is 1. The maximum absolute atomic E-state index is 12.9. The molecule has 1 N–H and O–H groups in total. The van der Waals surface area contributed by atoms with Gasteiger partial charge in [-0.3, -0.25) is 9.79 Å². The van der Waals surface area contributed by atoms with Gasteiger partial charge in [-0.2, -0.15) is 0 Å². The largest absolute Gasteiger partial charge is 0.469 e. The van der Waals surface area contributed by atoms with E-state index in [-0.39, 0.29) is 47.6 Å². The van der Waals surface area contributed by atoms with Gasteiger partial charge in [0.05, 0.1) is 13.0 Å². The topological polar surface area (TPSA) is 53.9 Å². The van der Waals surface area contributed by atoms with Crippen LogP contribution < -0.4 is 5.32 Å². The lowest BCUT2D eigenvalue weighted by molar-refractivity contribution is -0.145. The highest BCUT2D eigenvalue weighted by Gasteiger charge is 2.36. The zero-order valence-corrected chi connectivity index (χ0v) is 16.6. The van der Waals surface area contributed by atoms with Crippen LogP contribution in [-0.4, -0.2) is 50.6 Å². The van der Waals surface area contributed by atoms with Crippen LogP contribution in [0.4, 0.5) is 4.39 Å². The maximum atomic E-state index is 12.9. The van der Waals surface area contributed by atoms with E-state index in [1.54, 1.807) is 19.2 Å². The number of hydrogen-bond donors (Lipinski definition) is 1. The summed E-state index contributed by atoms with van der Waals surface area (Å²) in [6, 6.07) is 6.50. The van der Waals surface area contributed by atoms with Crippen LogP contribution in [0.2, 0.25) is 0 Å². The monoisotopic (exact) mass is 449 g/mol. The number of methoxy groups -OCH3 is 1. The van der Waals surface area contributed by atoms with Gasteiger partial charge in [0.15, 0.2) is 5.96 Å². The molecule has 2 atom stereocenters. The SMILES string of the molecule is CN=C(NCCc1ccc(F)cc1)N1CC(C)C(C(=O)OC)C1.I. The Morgan fingerprint density at radius 2 is 2.04 bits per heavy atom. The lowest BCUT2D eigenvalue weighted by Crippen LogP contribution is -2.41. The number of likely N-dealkylation sites (tertiary alicyclic amines) is 1. The minimum Gasteiger partial charge on any atom is -0.469 e. The van der Waals surface area contributed by atoms with Gasteiger partial charge in [0.25, 0.3) is 0 Å². The van der Waals surface area contributed by atoms with E-state index in [0.717, 1.165) is 24.5 Å². The van der Waals surface area contributed by atoms with Crippen LogP contribution in [0.1, 0.15) is 12.5 Å². The summed E-state index contributed by atoms with van der Waals surface area (Å²) in [5, 5.41) is 3.30. The first-order chi connectivity index (χ1) is 11.0. The van der Waals surface area contributed by atoms with E-state index in [2.05, 4.69) is 15.2 Å². The number of esters is 1. The van der Waals surface area contributed by atoms with Gasteiger partial charge in [-0.15, -0.1) is 24.0 Å². The average molecular weight is 449 g/mol. The molecule has 2 unspecified atom stereocenters. The molecule has 0 spiro atoms. The van der Waals surface area contributed by atoms with Gasteiger partial charge in [-0.05, 0) is 30.0 Å². The molecule has 7 heteroatoms. The molecule has 1 aromatic carbocycles. The number of ether oxygens (including phenoxy) is 1. The average Bonchev–Trinajstić information content (AvgIpc) is 2.94. The summed E-state index contributed by atoms with van der Waals surface area (Å²) < 4.78 is 17.7. The molecule has 0 saturated carbocycles. The Labute approximate surface area is 159 Å². The smallest absolute Gasteiger partial charge is 0.310 e. The van der Waals surface area contributed by atoms with Crippen LogP contribution in [0, 0.1) is 17.7 Å². The van der Waals surface area contributed by atoms with Crippen molar-refractivity contribution < 1.29 is 13.9 Å². The maximum Gasteiger partial charge on any atom is 0.310 e. The summed E-state index contributed by atoms with van der Waals surface area (Å²) in [6.45, 7) is 4.14. The van der Waals surface area contributed by atoms with Gasteiger partial charge in [-0.25, -0.2) is 4.39 Å². The molecule has 1 aliphatic rings. The van der Waals surface area contributed by atoms with Gasteiger partial charge in [0.2, 0.25) is 0 Å². The molecule has 1 saturated heterocycles. The number of benzene rings is 1. The standard InChI is InChI=1S/C17H24FN3O2.HI/c1-12-10-21(11-15(12)16(22)23-3)17(19-2)20-9-8-13-4-6-14(18)7-5-13;/h4-7,12,15H,8-11H2,1-3H3,(H,19,20);1H. The summed E-state index contributed by atoms with van der Waals surface area (Å²) in [6.07, 6.45) is 0.781. The second kappa shape index (κ2) is 9.80. The van der Waals surface area contributed by atoms with Crippen molar-refractivity contribution in [1.29, 1.82) is 0 Å².